The zero-order chi connectivity index (χ0) is 23.7. The van der Waals surface area contributed by atoms with E-state index in [9.17, 15) is 5.26 Å². The molecular weight excluding hydrogens is 426 g/mol. The molecule has 0 saturated carbocycles. The van der Waals surface area contributed by atoms with Gasteiger partial charge in [0, 0.05) is 42.8 Å². The predicted molar refractivity (Wildman–Crippen MR) is 130 cm³/mol. The fourth-order valence-corrected chi connectivity index (χ4v) is 5.12. The van der Waals surface area contributed by atoms with Crippen LogP contribution in [0.5, 0.6) is 5.75 Å². The lowest BCUT2D eigenvalue weighted by atomic mass is 10.0. The summed E-state index contributed by atoms with van der Waals surface area (Å²) in [7, 11) is 0. The minimum absolute atomic E-state index is 0.00839. The van der Waals surface area contributed by atoms with Crippen LogP contribution in [0.2, 0.25) is 0 Å². The standard InChI is InChI=1S/C27H31N5O2/c1-17(2)33-25-10-7-19(15-20(25)16-28)27-30-26(31-34-27)23-6-4-5-22-21(23)8-9-24(22)32-13-11-18(3)29-12-14-32/h4-7,10,15,17-18,24,29H,8-9,11-14H2,1-3H3. The zero-order valence-corrected chi connectivity index (χ0v) is 20.0. The summed E-state index contributed by atoms with van der Waals surface area (Å²) in [5, 5.41) is 17.5. The van der Waals surface area contributed by atoms with Gasteiger partial charge in [0.2, 0.25) is 5.82 Å². The van der Waals surface area contributed by atoms with Crippen molar-refractivity contribution in [1.29, 1.82) is 5.26 Å². The molecule has 34 heavy (non-hydrogen) atoms. The first-order chi connectivity index (χ1) is 16.5. The van der Waals surface area contributed by atoms with Crippen LogP contribution in [0.4, 0.5) is 0 Å². The number of aromatic nitrogens is 2. The largest absolute Gasteiger partial charge is 0.490 e. The molecule has 1 saturated heterocycles. The molecule has 1 aromatic heterocycles. The lowest BCUT2D eigenvalue weighted by Gasteiger charge is -2.28. The van der Waals surface area contributed by atoms with Crippen LogP contribution in [0, 0.1) is 11.3 Å². The summed E-state index contributed by atoms with van der Waals surface area (Å²) in [5.74, 6) is 1.56. The summed E-state index contributed by atoms with van der Waals surface area (Å²) in [5.41, 5.74) is 4.92. The van der Waals surface area contributed by atoms with Gasteiger partial charge in [0.25, 0.3) is 5.89 Å². The Morgan fingerprint density at radius 1 is 1.21 bits per heavy atom. The van der Waals surface area contributed by atoms with Crippen LogP contribution in [-0.4, -0.2) is 46.8 Å². The van der Waals surface area contributed by atoms with Crippen molar-refractivity contribution >= 4 is 0 Å². The van der Waals surface area contributed by atoms with E-state index >= 15 is 0 Å². The fraction of sp³-hybridized carbons (Fsp3) is 0.444. The number of benzene rings is 2. The van der Waals surface area contributed by atoms with Crippen molar-refractivity contribution in [3.8, 4) is 34.7 Å². The highest BCUT2D eigenvalue weighted by Crippen LogP contribution is 2.40. The van der Waals surface area contributed by atoms with Gasteiger partial charge in [-0.05, 0) is 69.4 Å². The molecule has 7 nitrogen and oxygen atoms in total. The Balaban J connectivity index is 1.42. The molecule has 2 atom stereocenters. The first kappa shape index (κ1) is 22.6. The van der Waals surface area contributed by atoms with Gasteiger partial charge in [-0.3, -0.25) is 4.90 Å². The number of hydrogen-bond acceptors (Lipinski definition) is 7. The van der Waals surface area contributed by atoms with E-state index in [0.717, 1.165) is 38.0 Å². The molecule has 176 valence electrons. The Kier molecular flexibility index (Phi) is 6.36. The highest BCUT2D eigenvalue weighted by atomic mass is 16.5. The van der Waals surface area contributed by atoms with Crippen molar-refractivity contribution in [2.24, 2.45) is 0 Å². The van der Waals surface area contributed by atoms with Crippen molar-refractivity contribution in [2.45, 2.75) is 58.2 Å². The molecule has 0 amide bonds. The van der Waals surface area contributed by atoms with Crippen LogP contribution >= 0.6 is 0 Å². The van der Waals surface area contributed by atoms with Gasteiger partial charge < -0.3 is 14.6 Å². The molecule has 2 aromatic carbocycles. The number of hydrogen-bond donors (Lipinski definition) is 1. The number of ether oxygens (including phenoxy) is 1. The Labute approximate surface area is 200 Å². The highest BCUT2D eigenvalue weighted by molar-refractivity contribution is 5.67. The summed E-state index contributed by atoms with van der Waals surface area (Å²) >= 11 is 0. The second-order valence-corrected chi connectivity index (χ2v) is 9.52. The smallest absolute Gasteiger partial charge is 0.258 e. The first-order valence-corrected chi connectivity index (χ1v) is 12.2. The zero-order valence-electron chi connectivity index (χ0n) is 20.0. The van der Waals surface area contributed by atoms with E-state index in [1.165, 1.54) is 17.5 Å². The van der Waals surface area contributed by atoms with E-state index in [4.69, 9.17) is 14.2 Å². The SMILES string of the molecule is CC1CCN(C2CCc3c(-c4noc(-c5ccc(OC(C)C)c(C#N)c5)n4)cccc32)CCN1. The average Bonchev–Trinajstić information content (AvgIpc) is 3.44. The molecule has 1 N–H and O–H groups in total. The van der Waals surface area contributed by atoms with E-state index in [1.807, 2.05) is 19.9 Å². The van der Waals surface area contributed by atoms with Gasteiger partial charge in [-0.1, -0.05) is 23.4 Å². The molecule has 1 aliphatic heterocycles. The van der Waals surface area contributed by atoms with Gasteiger partial charge in [0.15, 0.2) is 0 Å². The predicted octanol–water partition coefficient (Wildman–Crippen LogP) is 4.73. The Hall–Kier alpha value is -3.21. The van der Waals surface area contributed by atoms with Crippen LogP contribution in [-0.2, 0) is 6.42 Å². The van der Waals surface area contributed by atoms with Crippen LogP contribution in [0.25, 0.3) is 22.8 Å². The normalized spacial score (nSPS) is 20.7. The Bertz CT molecular complexity index is 1210. The maximum absolute atomic E-state index is 9.55. The monoisotopic (exact) mass is 457 g/mol. The third-order valence-corrected chi connectivity index (χ3v) is 6.80. The second kappa shape index (κ2) is 9.57. The van der Waals surface area contributed by atoms with Crippen molar-refractivity contribution in [3.05, 3.63) is 53.1 Å². The molecule has 1 aliphatic carbocycles. The van der Waals surface area contributed by atoms with Crippen molar-refractivity contribution in [3.63, 3.8) is 0 Å². The number of nitrogens with zero attached hydrogens (tertiary/aromatic N) is 4. The molecule has 2 heterocycles. The van der Waals surface area contributed by atoms with E-state index in [2.05, 4.69) is 46.6 Å². The Morgan fingerprint density at radius 3 is 2.91 bits per heavy atom. The minimum Gasteiger partial charge on any atom is -0.490 e. The molecule has 3 aromatic rings. The topological polar surface area (TPSA) is 87.2 Å². The van der Waals surface area contributed by atoms with Crippen molar-refractivity contribution in [2.75, 3.05) is 19.6 Å². The Morgan fingerprint density at radius 2 is 2.09 bits per heavy atom. The van der Waals surface area contributed by atoms with Gasteiger partial charge in [0.05, 0.1) is 11.7 Å². The molecule has 5 rings (SSSR count). The maximum Gasteiger partial charge on any atom is 0.258 e. The molecule has 0 bridgehead atoms. The molecule has 7 heteroatoms. The van der Waals surface area contributed by atoms with Crippen LogP contribution in [0.15, 0.2) is 40.9 Å². The van der Waals surface area contributed by atoms with Gasteiger partial charge in [-0.15, -0.1) is 0 Å². The van der Waals surface area contributed by atoms with Crippen molar-refractivity contribution in [1.82, 2.24) is 20.4 Å². The molecule has 2 unspecified atom stereocenters. The third kappa shape index (κ3) is 4.44. The average molecular weight is 458 g/mol. The number of fused-ring (bicyclic) bond motifs is 1. The van der Waals surface area contributed by atoms with E-state index in [1.54, 1.807) is 12.1 Å². The van der Waals surface area contributed by atoms with Crippen LogP contribution < -0.4 is 10.1 Å². The summed E-state index contributed by atoms with van der Waals surface area (Å²) < 4.78 is 11.4. The van der Waals surface area contributed by atoms with Crippen LogP contribution in [0.3, 0.4) is 0 Å². The van der Waals surface area contributed by atoms with Crippen LogP contribution in [0.1, 0.15) is 56.3 Å². The minimum atomic E-state index is -0.00839. The number of nitrogens with one attached hydrogen (secondary N) is 1. The lowest BCUT2D eigenvalue weighted by Crippen LogP contribution is -2.31. The van der Waals surface area contributed by atoms with Gasteiger partial charge in [-0.25, -0.2) is 0 Å². The number of rotatable bonds is 5. The summed E-state index contributed by atoms with van der Waals surface area (Å²) in [6.45, 7) is 9.36. The molecular formula is C27H31N5O2. The maximum atomic E-state index is 9.55. The quantitative estimate of drug-likeness (QED) is 0.592. The van der Waals surface area contributed by atoms with E-state index in [0.29, 0.717) is 40.7 Å². The molecule has 0 radical (unpaired) electrons. The molecule has 1 fully saturated rings. The van der Waals surface area contributed by atoms with E-state index < -0.39 is 0 Å². The summed E-state index contributed by atoms with van der Waals surface area (Å²) in [4.78, 5) is 7.33. The molecule has 2 aliphatic rings. The number of nitriles is 1. The first-order valence-electron chi connectivity index (χ1n) is 12.2. The van der Waals surface area contributed by atoms with Gasteiger partial charge in [0.1, 0.15) is 11.8 Å². The summed E-state index contributed by atoms with van der Waals surface area (Å²) in [6.07, 6.45) is 3.30. The van der Waals surface area contributed by atoms with Gasteiger partial charge >= 0.3 is 0 Å². The molecule has 0 spiro atoms. The highest BCUT2D eigenvalue weighted by Gasteiger charge is 2.31. The van der Waals surface area contributed by atoms with E-state index in [-0.39, 0.29) is 6.10 Å². The van der Waals surface area contributed by atoms with Gasteiger partial charge in [-0.2, -0.15) is 10.2 Å². The fourth-order valence-electron chi connectivity index (χ4n) is 5.12. The summed E-state index contributed by atoms with van der Waals surface area (Å²) in [6, 6.07) is 15.1. The second-order valence-electron chi connectivity index (χ2n) is 9.52. The lowest BCUT2D eigenvalue weighted by molar-refractivity contribution is 0.209. The third-order valence-electron chi connectivity index (χ3n) is 6.80. The van der Waals surface area contributed by atoms with Crippen molar-refractivity contribution < 1.29 is 9.26 Å².